The van der Waals surface area contributed by atoms with E-state index in [4.69, 9.17) is 9.47 Å². The summed E-state index contributed by atoms with van der Waals surface area (Å²) in [6.45, 7) is 0.813. The van der Waals surface area contributed by atoms with E-state index in [-0.39, 0.29) is 43.7 Å². The Hall–Kier alpha value is -2.39. The van der Waals surface area contributed by atoms with Crippen molar-refractivity contribution in [3.63, 3.8) is 0 Å². The molecule has 2 aromatic carbocycles. The van der Waals surface area contributed by atoms with Crippen molar-refractivity contribution in [2.75, 3.05) is 51.3 Å². The Labute approximate surface area is 214 Å². The van der Waals surface area contributed by atoms with Crippen LogP contribution in [0.5, 0.6) is 5.75 Å². The quantitative estimate of drug-likeness (QED) is 0.527. The number of nitrogens with zero attached hydrogens (tertiary/aromatic N) is 2. The lowest BCUT2D eigenvalue weighted by Crippen LogP contribution is -2.49. The predicted octanol–water partition coefficient (Wildman–Crippen LogP) is 2.68. The zero-order chi connectivity index (χ0) is 26.8. The molecule has 1 atom stereocenters. The first-order valence-electron chi connectivity index (χ1n) is 11.6. The molecule has 2 aliphatic heterocycles. The maximum absolute atomic E-state index is 13.4. The Morgan fingerprint density at radius 2 is 1.76 bits per heavy atom. The van der Waals surface area contributed by atoms with Crippen molar-refractivity contribution < 1.29 is 39.5 Å². The van der Waals surface area contributed by atoms with Crippen LogP contribution < -0.4 is 14.4 Å². The summed E-state index contributed by atoms with van der Waals surface area (Å²) in [6.07, 6.45) is -3.34. The van der Waals surface area contributed by atoms with Crippen molar-refractivity contribution in [1.29, 1.82) is 0 Å². The van der Waals surface area contributed by atoms with Gasteiger partial charge in [-0.25, -0.2) is 21.6 Å². The summed E-state index contributed by atoms with van der Waals surface area (Å²) in [7, 11) is -6.83. The minimum absolute atomic E-state index is 0.00968. The highest BCUT2D eigenvalue weighted by Gasteiger charge is 2.39. The van der Waals surface area contributed by atoms with Gasteiger partial charge in [0.05, 0.1) is 34.3 Å². The molecule has 0 saturated carbocycles. The van der Waals surface area contributed by atoms with Gasteiger partial charge in [0.1, 0.15) is 5.75 Å². The molecule has 2 aromatic rings. The molecule has 204 valence electrons. The third kappa shape index (κ3) is 6.03. The van der Waals surface area contributed by atoms with Crippen LogP contribution in [0.15, 0.2) is 52.3 Å². The van der Waals surface area contributed by atoms with E-state index in [0.717, 1.165) is 35.3 Å². The van der Waals surface area contributed by atoms with E-state index in [9.17, 15) is 30.0 Å². The highest BCUT2D eigenvalue weighted by atomic mass is 32.2. The number of sulfonamides is 2. The maximum Gasteiger partial charge on any atom is 0.417 e. The van der Waals surface area contributed by atoms with Crippen molar-refractivity contribution in [2.24, 2.45) is 0 Å². The average Bonchev–Trinajstić information content (AvgIpc) is 3.41. The van der Waals surface area contributed by atoms with E-state index in [1.807, 2.05) is 0 Å². The second kappa shape index (κ2) is 10.8. The molecule has 1 N–H and O–H groups in total. The van der Waals surface area contributed by atoms with Crippen LogP contribution in [0, 0.1) is 0 Å². The molecule has 1 unspecified atom stereocenters. The van der Waals surface area contributed by atoms with Gasteiger partial charge in [-0.1, -0.05) is 12.1 Å². The molecule has 14 heteroatoms. The fourth-order valence-corrected chi connectivity index (χ4v) is 7.13. The number of methoxy groups -OCH3 is 1. The van der Waals surface area contributed by atoms with E-state index in [1.165, 1.54) is 31.4 Å². The molecule has 2 fully saturated rings. The molecule has 37 heavy (non-hydrogen) atoms. The second-order valence-electron chi connectivity index (χ2n) is 8.71. The van der Waals surface area contributed by atoms with Gasteiger partial charge in [0.25, 0.3) is 0 Å². The summed E-state index contributed by atoms with van der Waals surface area (Å²) >= 11 is 0. The molecule has 2 heterocycles. The monoisotopic (exact) mass is 563 g/mol. The van der Waals surface area contributed by atoms with Crippen LogP contribution in [0.3, 0.4) is 0 Å². The summed E-state index contributed by atoms with van der Waals surface area (Å²) in [6, 6.07) is 8.45. The highest BCUT2D eigenvalue weighted by Crippen LogP contribution is 2.36. The molecule has 0 bridgehead atoms. The Morgan fingerprint density at radius 3 is 2.38 bits per heavy atom. The molecule has 2 saturated heterocycles. The number of anilines is 1. The van der Waals surface area contributed by atoms with Crippen LogP contribution in [0.1, 0.15) is 18.4 Å². The summed E-state index contributed by atoms with van der Waals surface area (Å²) in [5, 5.41) is 0. The topological polar surface area (TPSA) is 105 Å². The van der Waals surface area contributed by atoms with Crippen LogP contribution in [0.4, 0.5) is 18.9 Å². The van der Waals surface area contributed by atoms with Crippen LogP contribution in [0.25, 0.3) is 0 Å². The van der Waals surface area contributed by atoms with Gasteiger partial charge in [-0.3, -0.25) is 0 Å². The van der Waals surface area contributed by atoms with Crippen molar-refractivity contribution >= 4 is 25.7 Å². The summed E-state index contributed by atoms with van der Waals surface area (Å²) in [5.41, 5.74) is -0.775. The molecule has 0 aromatic heterocycles. The van der Waals surface area contributed by atoms with Gasteiger partial charge in [-0.05, 0) is 43.2 Å². The van der Waals surface area contributed by atoms with Gasteiger partial charge < -0.3 is 14.4 Å². The molecule has 0 radical (unpaired) electrons. The molecule has 0 amide bonds. The average molecular weight is 564 g/mol. The molecule has 4 rings (SSSR count). The SMILES string of the molecule is COc1ccc(S(=O)(=O)NCC2CCCO2)cc1N1CCN(S(=O)(=O)c2ccccc2C(F)(F)F)CC1. The third-order valence-corrected chi connectivity index (χ3v) is 9.75. The van der Waals surface area contributed by atoms with Gasteiger partial charge >= 0.3 is 6.18 Å². The maximum atomic E-state index is 13.4. The largest absolute Gasteiger partial charge is 0.495 e. The van der Waals surface area contributed by atoms with Gasteiger partial charge in [0.15, 0.2) is 0 Å². The third-order valence-electron chi connectivity index (χ3n) is 6.38. The molecular weight excluding hydrogens is 535 g/mol. The smallest absolute Gasteiger partial charge is 0.417 e. The normalized spacial score (nSPS) is 19.8. The van der Waals surface area contributed by atoms with Gasteiger partial charge in [0, 0.05) is 39.3 Å². The second-order valence-corrected chi connectivity index (χ2v) is 12.4. The van der Waals surface area contributed by atoms with E-state index in [0.29, 0.717) is 18.0 Å². The number of benzene rings is 2. The number of ether oxygens (including phenoxy) is 2. The minimum atomic E-state index is -4.82. The summed E-state index contributed by atoms with van der Waals surface area (Å²) in [4.78, 5) is 0.967. The van der Waals surface area contributed by atoms with Crippen molar-refractivity contribution in [3.8, 4) is 5.75 Å². The standard InChI is InChI=1S/C23H28F3N3O6S2/c1-34-21-9-8-18(36(30,31)27-16-17-5-4-14-35-17)15-20(21)28-10-12-29(13-11-28)37(32,33)22-7-3-2-6-19(22)23(24,25)26/h2-3,6-9,15,17,27H,4-5,10-14,16H2,1H3. The number of piperazine rings is 1. The minimum Gasteiger partial charge on any atom is -0.495 e. The summed E-state index contributed by atoms with van der Waals surface area (Å²) < 4.78 is 107. The fraction of sp³-hybridized carbons (Fsp3) is 0.478. The van der Waals surface area contributed by atoms with Gasteiger partial charge in [-0.15, -0.1) is 0 Å². The van der Waals surface area contributed by atoms with Crippen LogP contribution >= 0.6 is 0 Å². The zero-order valence-electron chi connectivity index (χ0n) is 20.1. The Kier molecular flexibility index (Phi) is 8.04. The van der Waals surface area contributed by atoms with Gasteiger partial charge in [0.2, 0.25) is 20.0 Å². The highest BCUT2D eigenvalue weighted by molar-refractivity contribution is 7.89. The van der Waals surface area contributed by atoms with Crippen molar-refractivity contribution in [3.05, 3.63) is 48.0 Å². The summed E-state index contributed by atoms with van der Waals surface area (Å²) in [5.74, 6) is 0.386. The van der Waals surface area contributed by atoms with Gasteiger partial charge in [-0.2, -0.15) is 17.5 Å². The van der Waals surface area contributed by atoms with E-state index < -0.39 is 36.7 Å². The lowest BCUT2D eigenvalue weighted by Gasteiger charge is -2.36. The van der Waals surface area contributed by atoms with Crippen LogP contribution in [-0.2, 0) is 31.0 Å². The first-order chi connectivity index (χ1) is 17.4. The lowest BCUT2D eigenvalue weighted by atomic mass is 10.2. The number of rotatable bonds is 8. The number of hydrogen-bond donors (Lipinski definition) is 1. The van der Waals surface area contributed by atoms with Crippen LogP contribution in [-0.4, -0.2) is 73.7 Å². The zero-order valence-corrected chi connectivity index (χ0v) is 21.7. The Morgan fingerprint density at radius 1 is 1.05 bits per heavy atom. The Balaban J connectivity index is 1.51. The first-order valence-corrected chi connectivity index (χ1v) is 14.6. The number of halogens is 3. The molecule has 0 aliphatic carbocycles. The fourth-order valence-electron chi connectivity index (χ4n) is 4.41. The van der Waals surface area contributed by atoms with E-state index in [1.54, 1.807) is 4.90 Å². The lowest BCUT2D eigenvalue weighted by molar-refractivity contribution is -0.139. The number of nitrogens with one attached hydrogen (secondary N) is 1. The van der Waals surface area contributed by atoms with E-state index in [2.05, 4.69) is 4.72 Å². The van der Waals surface area contributed by atoms with E-state index >= 15 is 0 Å². The molecule has 9 nitrogen and oxygen atoms in total. The predicted molar refractivity (Wildman–Crippen MR) is 130 cm³/mol. The molecule has 2 aliphatic rings. The number of hydrogen-bond acceptors (Lipinski definition) is 7. The Bertz CT molecular complexity index is 1320. The number of alkyl halides is 3. The molecular formula is C23H28F3N3O6S2. The molecule has 0 spiro atoms. The van der Waals surface area contributed by atoms with Crippen molar-refractivity contribution in [2.45, 2.75) is 34.9 Å². The first kappa shape index (κ1) is 27.6. The van der Waals surface area contributed by atoms with Crippen molar-refractivity contribution in [1.82, 2.24) is 9.03 Å². The van der Waals surface area contributed by atoms with Crippen LogP contribution in [0.2, 0.25) is 0 Å².